The molecule has 0 radical (unpaired) electrons. The van der Waals surface area contributed by atoms with Crippen molar-refractivity contribution in [2.24, 2.45) is 17.4 Å². The van der Waals surface area contributed by atoms with Gasteiger partial charge in [0.2, 0.25) is 23.6 Å². The molecule has 0 saturated heterocycles. The van der Waals surface area contributed by atoms with Crippen molar-refractivity contribution >= 4 is 29.6 Å². The monoisotopic (exact) mass is 525 g/mol. The largest absolute Gasteiger partial charge is 0.480 e. The number of amides is 4. The van der Waals surface area contributed by atoms with E-state index in [0.29, 0.717) is 5.56 Å². The molecule has 0 aliphatic carbocycles. The molecule has 0 spiro atoms. The first-order valence-electron chi connectivity index (χ1n) is 12.2. The highest BCUT2D eigenvalue weighted by atomic mass is 16.4. The van der Waals surface area contributed by atoms with Crippen LogP contribution in [0.4, 0.5) is 0 Å². The standard InChI is InChI=1S/C27H35N5O6/c1-16(2)23(32-24(34)19(28)13-17-9-5-3-6-10-17)26(36)30-20(14-18-11-7-4-8-12-18)25(35)31-21(27(37)38)15-22(29)33/h3-12,16,19-21,23H,13-15,28H2,1-2H3,(H2,29,33)(H,30,36)(H,31,35)(H,32,34)(H,37,38). The van der Waals surface area contributed by atoms with Crippen LogP contribution in [0.5, 0.6) is 0 Å². The average molecular weight is 526 g/mol. The van der Waals surface area contributed by atoms with Crippen molar-refractivity contribution in [3.05, 3.63) is 71.8 Å². The molecule has 2 rings (SSSR count). The van der Waals surface area contributed by atoms with E-state index in [1.165, 1.54) is 0 Å². The molecule has 0 aliphatic rings. The minimum Gasteiger partial charge on any atom is -0.480 e. The van der Waals surface area contributed by atoms with Gasteiger partial charge >= 0.3 is 5.97 Å². The van der Waals surface area contributed by atoms with Gasteiger partial charge < -0.3 is 32.5 Å². The molecule has 0 bridgehead atoms. The highest BCUT2D eigenvalue weighted by Crippen LogP contribution is 2.09. The van der Waals surface area contributed by atoms with E-state index in [9.17, 15) is 29.1 Å². The number of primary amides is 1. The molecule has 38 heavy (non-hydrogen) atoms. The molecule has 204 valence electrons. The molecule has 4 unspecified atom stereocenters. The summed E-state index contributed by atoms with van der Waals surface area (Å²) in [5.41, 5.74) is 12.7. The number of benzene rings is 2. The molecule has 11 heteroatoms. The van der Waals surface area contributed by atoms with Gasteiger partial charge in [-0.2, -0.15) is 0 Å². The second-order valence-electron chi connectivity index (χ2n) is 9.35. The van der Waals surface area contributed by atoms with Crippen molar-refractivity contribution < 1.29 is 29.1 Å². The molecule has 0 aromatic heterocycles. The molecule has 11 nitrogen and oxygen atoms in total. The lowest BCUT2D eigenvalue weighted by Crippen LogP contribution is -2.59. The predicted octanol–water partition coefficient (Wildman–Crippen LogP) is -0.130. The second kappa shape index (κ2) is 14.5. The van der Waals surface area contributed by atoms with Gasteiger partial charge in [-0.1, -0.05) is 74.5 Å². The number of hydrogen-bond donors (Lipinski definition) is 6. The normalized spacial score (nSPS) is 14.0. The molecule has 8 N–H and O–H groups in total. The van der Waals surface area contributed by atoms with Crippen LogP contribution in [-0.4, -0.2) is 58.9 Å². The number of carbonyl (C=O) groups is 5. The van der Waals surface area contributed by atoms with Crippen molar-refractivity contribution in [2.75, 3.05) is 0 Å². The number of carboxylic acids is 1. The number of nitrogens with one attached hydrogen (secondary N) is 3. The van der Waals surface area contributed by atoms with Gasteiger partial charge in [0.15, 0.2) is 0 Å². The number of nitrogens with two attached hydrogens (primary N) is 2. The van der Waals surface area contributed by atoms with Crippen LogP contribution in [0.25, 0.3) is 0 Å². The average Bonchev–Trinajstić information content (AvgIpc) is 2.86. The number of carbonyl (C=O) groups excluding carboxylic acids is 4. The van der Waals surface area contributed by atoms with Crippen molar-refractivity contribution in [2.45, 2.75) is 57.3 Å². The molecule has 2 aromatic rings. The highest BCUT2D eigenvalue weighted by Gasteiger charge is 2.32. The van der Waals surface area contributed by atoms with Gasteiger partial charge in [0.1, 0.15) is 18.1 Å². The first-order valence-corrected chi connectivity index (χ1v) is 12.2. The van der Waals surface area contributed by atoms with Crippen LogP contribution in [0.2, 0.25) is 0 Å². The van der Waals surface area contributed by atoms with Gasteiger partial charge in [0.05, 0.1) is 12.5 Å². The summed E-state index contributed by atoms with van der Waals surface area (Å²) in [6, 6.07) is 13.3. The lowest BCUT2D eigenvalue weighted by Gasteiger charge is -2.27. The van der Waals surface area contributed by atoms with Gasteiger partial charge in [0, 0.05) is 6.42 Å². The maximum absolute atomic E-state index is 13.3. The van der Waals surface area contributed by atoms with E-state index >= 15 is 0 Å². The van der Waals surface area contributed by atoms with E-state index in [2.05, 4.69) is 16.0 Å². The van der Waals surface area contributed by atoms with E-state index < -0.39 is 60.2 Å². The minimum atomic E-state index is -1.56. The van der Waals surface area contributed by atoms with Crippen molar-refractivity contribution in [1.82, 2.24) is 16.0 Å². The van der Waals surface area contributed by atoms with Crippen molar-refractivity contribution in [3.63, 3.8) is 0 Å². The summed E-state index contributed by atoms with van der Waals surface area (Å²) in [5, 5.41) is 16.9. The third-order valence-electron chi connectivity index (χ3n) is 5.82. The predicted molar refractivity (Wildman–Crippen MR) is 140 cm³/mol. The molecule has 0 heterocycles. The van der Waals surface area contributed by atoms with Gasteiger partial charge in [-0.05, 0) is 23.5 Å². The summed E-state index contributed by atoms with van der Waals surface area (Å²) >= 11 is 0. The number of hydrogen-bond acceptors (Lipinski definition) is 6. The first-order chi connectivity index (χ1) is 18.0. The Balaban J connectivity index is 2.18. The Morgan fingerprint density at radius 2 is 1.24 bits per heavy atom. The second-order valence-corrected chi connectivity index (χ2v) is 9.35. The molecule has 0 fully saturated rings. The summed E-state index contributed by atoms with van der Waals surface area (Å²) < 4.78 is 0. The summed E-state index contributed by atoms with van der Waals surface area (Å²) in [6.07, 6.45) is -0.306. The molecule has 2 aromatic carbocycles. The molecule has 0 saturated carbocycles. The van der Waals surface area contributed by atoms with E-state index in [4.69, 9.17) is 11.5 Å². The smallest absolute Gasteiger partial charge is 0.326 e. The Bertz CT molecular complexity index is 1110. The zero-order valence-electron chi connectivity index (χ0n) is 21.4. The van der Waals surface area contributed by atoms with Gasteiger partial charge in [-0.25, -0.2) is 4.79 Å². The number of aliphatic carboxylic acids is 1. The number of carboxylic acid groups (broad SMARTS) is 1. The Hall–Kier alpha value is -4.25. The maximum atomic E-state index is 13.3. The zero-order valence-corrected chi connectivity index (χ0v) is 21.4. The van der Waals surface area contributed by atoms with E-state index in [0.717, 1.165) is 5.56 Å². The Morgan fingerprint density at radius 1 is 0.737 bits per heavy atom. The van der Waals surface area contributed by atoms with Gasteiger partial charge in [0.25, 0.3) is 0 Å². The van der Waals surface area contributed by atoms with Gasteiger partial charge in [-0.15, -0.1) is 0 Å². The fourth-order valence-electron chi connectivity index (χ4n) is 3.75. The molecule has 4 amide bonds. The van der Waals surface area contributed by atoms with Crippen LogP contribution in [0.15, 0.2) is 60.7 Å². The van der Waals surface area contributed by atoms with E-state index in [1.54, 1.807) is 44.2 Å². The van der Waals surface area contributed by atoms with E-state index in [1.807, 2.05) is 30.3 Å². The van der Waals surface area contributed by atoms with Crippen LogP contribution in [0.3, 0.4) is 0 Å². The Kier molecular flexibility index (Phi) is 11.4. The minimum absolute atomic E-state index is 0.0353. The van der Waals surface area contributed by atoms with E-state index in [-0.39, 0.29) is 18.8 Å². The molecule has 4 atom stereocenters. The summed E-state index contributed by atoms with van der Waals surface area (Å²) in [4.78, 5) is 61.9. The fraction of sp³-hybridized carbons (Fsp3) is 0.370. The van der Waals surface area contributed by atoms with Crippen LogP contribution in [0.1, 0.15) is 31.4 Å². The van der Waals surface area contributed by atoms with Crippen LogP contribution >= 0.6 is 0 Å². The Labute approximate surface area is 221 Å². The topological polar surface area (TPSA) is 194 Å². The summed E-state index contributed by atoms with van der Waals surface area (Å²) in [7, 11) is 0. The summed E-state index contributed by atoms with van der Waals surface area (Å²) in [6.45, 7) is 3.46. The van der Waals surface area contributed by atoms with Gasteiger partial charge in [-0.3, -0.25) is 19.2 Å². The molecular weight excluding hydrogens is 490 g/mol. The SMILES string of the molecule is CC(C)C(NC(=O)C(N)Cc1ccccc1)C(=O)NC(Cc1ccccc1)C(=O)NC(CC(N)=O)C(=O)O. The third kappa shape index (κ3) is 9.66. The first kappa shape index (κ1) is 30.0. The van der Waals surface area contributed by atoms with Crippen molar-refractivity contribution in [1.29, 1.82) is 0 Å². The third-order valence-corrected chi connectivity index (χ3v) is 5.82. The molecular formula is C27H35N5O6. The van der Waals surface area contributed by atoms with Crippen LogP contribution in [0, 0.1) is 5.92 Å². The fourth-order valence-corrected chi connectivity index (χ4v) is 3.75. The van der Waals surface area contributed by atoms with Crippen LogP contribution < -0.4 is 27.4 Å². The van der Waals surface area contributed by atoms with Crippen molar-refractivity contribution in [3.8, 4) is 0 Å². The lowest BCUT2D eigenvalue weighted by atomic mass is 9.99. The Morgan fingerprint density at radius 3 is 1.71 bits per heavy atom. The highest BCUT2D eigenvalue weighted by molar-refractivity contribution is 5.95. The summed E-state index contributed by atoms with van der Waals surface area (Å²) in [5.74, 6) is -4.69. The maximum Gasteiger partial charge on any atom is 0.326 e. The molecule has 0 aliphatic heterocycles. The van der Waals surface area contributed by atoms with Crippen LogP contribution in [-0.2, 0) is 36.8 Å². The number of rotatable bonds is 14. The zero-order chi connectivity index (χ0) is 28.2. The quantitative estimate of drug-likeness (QED) is 0.198. The lowest BCUT2D eigenvalue weighted by molar-refractivity contribution is -0.143.